The smallest absolute Gasteiger partial charge is 0.330 e. The molecule has 7 heteroatoms. The molecule has 0 atom stereocenters. The van der Waals surface area contributed by atoms with Crippen molar-refractivity contribution in [3.63, 3.8) is 0 Å². The molecule has 2 rings (SSSR count). The van der Waals surface area contributed by atoms with E-state index in [9.17, 15) is 10.1 Å². The van der Waals surface area contributed by atoms with Crippen LogP contribution >= 0.6 is 0 Å². The van der Waals surface area contributed by atoms with Gasteiger partial charge in [0.15, 0.2) is 0 Å². The fourth-order valence-electron chi connectivity index (χ4n) is 1.77. The summed E-state index contributed by atoms with van der Waals surface area (Å²) in [6.07, 6.45) is 1.27. The van der Waals surface area contributed by atoms with Crippen LogP contribution in [0, 0.1) is 10.1 Å². The molecule has 0 radical (unpaired) electrons. The SMILES string of the molecule is CC(C)Oc1ccc(Cn2ncc([N+](=O)[O-])c2N)cc1. The second kappa shape index (κ2) is 5.60. The summed E-state index contributed by atoms with van der Waals surface area (Å²) in [4.78, 5) is 10.1. The minimum Gasteiger partial charge on any atom is -0.491 e. The number of rotatable bonds is 5. The van der Waals surface area contributed by atoms with E-state index < -0.39 is 4.92 Å². The van der Waals surface area contributed by atoms with Gasteiger partial charge >= 0.3 is 5.69 Å². The van der Waals surface area contributed by atoms with Crippen molar-refractivity contribution >= 4 is 11.5 Å². The highest BCUT2D eigenvalue weighted by Gasteiger charge is 2.17. The van der Waals surface area contributed by atoms with Crippen molar-refractivity contribution in [2.24, 2.45) is 0 Å². The summed E-state index contributed by atoms with van der Waals surface area (Å²) in [5, 5.41) is 14.6. The summed E-state index contributed by atoms with van der Waals surface area (Å²) in [7, 11) is 0. The molecule has 0 amide bonds. The van der Waals surface area contributed by atoms with Crippen LogP contribution in [0.25, 0.3) is 0 Å². The third-order valence-electron chi connectivity index (χ3n) is 2.68. The lowest BCUT2D eigenvalue weighted by Gasteiger charge is -2.10. The van der Waals surface area contributed by atoms with Gasteiger partial charge in [0.1, 0.15) is 11.9 Å². The molecule has 1 heterocycles. The average Bonchev–Trinajstić information content (AvgIpc) is 2.73. The van der Waals surface area contributed by atoms with Crippen LogP contribution in [-0.2, 0) is 6.54 Å². The zero-order valence-electron chi connectivity index (χ0n) is 11.3. The third kappa shape index (κ3) is 3.05. The first-order valence-corrected chi connectivity index (χ1v) is 6.18. The highest BCUT2D eigenvalue weighted by Crippen LogP contribution is 2.21. The molecule has 2 aromatic rings. The molecule has 1 aromatic carbocycles. The van der Waals surface area contributed by atoms with Crippen LogP contribution in [0.1, 0.15) is 19.4 Å². The Morgan fingerprint density at radius 2 is 2.05 bits per heavy atom. The number of ether oxygens (including phenoxy) is 1. The zero-order valence-corrected chi connectivity index (χ0v) is 11.3. The molecular formula is C13H16N4O3. The predicted molar refractivity (Wildman–Crippen MR) is 74.6 cm³/mol. The van der Waals surface area contributed by atoms with Gasteiger partial charge in [0.2, 0.25) is 5.82 Å². The first-order chi connectivity index (χ1) is 9.47. The fourth-order valence-corrected chi connectivity index (χ4v) is 1.77. The number of nitrogens with zero attached hydrogens (tertiary/aromatic N) is 3. The van der Waals surface area contributed by atoms with Gasteiger partial charge in [-0.05, 0) is 31.5 Å². The Kier molecular flexibility index (Phi) is 3.88. The minimum atomic E-state index is -0.543. The van der Waals surface area contributed by atoms with Crippen LogP contribution in [0.5, 0.6) is 5.75 Å². The molecule has 0 saturated carbocycles. The van der Waals surface area contributed by atoms with E-state index in [0.29, 0.717) is 6.54 Å². The summed E-state index contributed by atoms with van der Waals surface area (Å²) >= 11 is 0. The first kappa shape index (κ1) is 13.9. The first-order valence-electron chi connectivity index (χ1n) is 6.18. The largest absolute Gasteiger partial charge is 0.491 e. The Bertz CT molecular complexity index is 605. The lowest BCUT2D eigenvalue weighted by Crippen LogP contribution is -2.07. The maximum Gasteiger partial charge on any atom is 0.330 e. The molecule has 0 saturated heterocycles. The number of benzene rings is 1. The second-order valence-electron chi connectivity index (χ2n) is 4.64. The second-order valence-corrected chi connectivity index (χ2v) is 4.64. The minimum absolute atomic E-state index is 0.0532. The highest BCUT2D eigenvalue weighted by atomic mass is 16.6. The monoisotopic (exact) mass is 276 g/mol. The van der Waals surface area contributed by atoms with E-state index >= 15 is 0 Å². The molecule has 1 aromatic heterocycles. The summed E-state index contributed by atoms with van der Waals surface area (Å²) in [6, 6.07) is 7.46. The van der Waals surface area contributed by atoms with Crippen LogP contribution in [0.4, 0.5) is 11.5 Å². The normalized spacial score (nSPS) is 10.8. The van der Waals surface area contributed by atoms with Crippen LogP contribution in [0.3, 0.4) is 0 Å². The number of anilines is 1. The molecule has 0 bridgehead atoms. The van der Waals surface area contributed by atoms with E-state index in [0.717, 1.165) is 17.5 Å². The van der Waals surface area contributed by atoms with E-state index in [2.05, 4.69) is 5.10 Å². The summed E-state index contributed by atoms with van der Waals surface area (Å²) in [6.45, 7) is 4.29. The lowest BCUT2D eigenvalue weighted by atomic mass is 10.2. The van der Waals surface area contributed by atoms with Crippen molar-refractivity contribution in [1.29, 1.82) is 0 Å². The third-order valence-corrected chi connectivity index (χ3v) is 2.68. The number of nitro groups is 1. The quantitative estimate of drug-likeness (QED) is 0.667. The van der Waals surface area contributed by atoms with Gasteiger partial charge in [0.25, 0.3) is 0 Å². The Hall–Kier alpha value is -2.57. The Morgan fingerprint density at radius 3 is 2.55 bits per heavy atom. The van der Waals surface area contributed by atoms with Gasteiger partial charge in [-0.3, -0.25) is 10.1 Å². The van der Waals surface area contributed by atoms with Gasteiger partial charge in [-0.1, -0.05) is 12.1 Å². The fraction of sp³-hybridized carbons (Fsp3) is 0.308. The number of nitrogen functional groups attached to an aromatic ring is 1. The Morgan fingerprint density at radius 1 is 1.40 bits per heavy atom. The topological polar surface area (TPSA) is 96.2 Å². The maximum atomic E-state index is 10.7. The van der Waals surface area contributed by atoms with E-state index in [1.807, 2.05) is 38.1 Å². The van der Waals surface area contributed by atoms with Crippen molar-refractivity contribution in [3.05, 3.63) is 46.1 Å². The van der Waals surface area contributed by atoms with Gasteiger partial charge in [-0.25, -0.2) is 4.68 Å². The van der Waals surface area contributed by atoms with E-state index in [4.69, 9.17) is 10.5 Å². The number of nitrogens with two attached hydrogens (primary N) is 1. The molecule has 0 aliphatic carbocycles. The molecular weight excluding hydrogens is 260 g/mol. The summed E-state index contributed by atoms with van der Waals surface area (Å²) in [5.41, 5.74) is 6.44. The van der Waals surface area contributed by atoms with Crippen LogP contribution < -0.4 is 10.5 Å². The van der Waals surface area contributed by atoms with Gasteiger partial charge in [-0.2, -0.15) is 5.10 Å². The van der Waals surface area contributed by atoms with Gasteiger partial charge in [-0.15, -0.1) is 0 Å². The highest BCUT2D eigenvalue weighted by molar-refractivity contribution is 5.51. The molecule has 0 spiro atoms. The standard InChI is InChI=1S/C13H16N4O3/c1-9(2)20-11-5-3-10(4-6-11)8-16-13(14)12(7-15-16)17(18)19/h3-7,9H,8,14H2,1-2H3. The number of aromatic nitrogens is 2. The van der Waals surface area contributed by atoms with Crippen LogP contribution in [-0.4, -0.2) is 20.8 Å². The van der Waals surface area contributed by atoms with Gasteiger partial charge in [0.05, 0.1) is 17.6 Å². The number of hydrogen-bond donors (Lipinski definition) is 1. The summed E-state index contributed by atoms with van der Waals surface area (Å²) in [5.74, 6) is 0.834. The Labute approximate surface area is 116 Å². The van der Waals surface area contributed by atoms with Gasteiger partial charge in [0, 0.05) is 0 Å². The van der Waals surface area contributed by atoms with Crippen molar-refractivity contribution in [2.75, 3.05) is 5.73 Å². The zero-order chi connectivity index (χ0) is 14.7. The average molecular weight is 276 g/mol. The molecule has 2 N–H and O–H groups in total. The molecule has 0 aliphatic heterocycles. The van der Waals surface area contributed by atoms with Gasteiger partial charge < -0.3 is 10.5 Å². The summed E-state index contributed by atoms with van der Waals surface area (Å²) < 4.78 is 6.94. The van der Waals surface area contributed by atoms with Crippen molar-refractivity contribution in [1.82, 2.24) is 9.78 Å². The molecule has 0 fully saturated rings. The molecule has 0 unspecified atom stereocenters. The molecule has 106 valence electrons. The molecule has 20 heavy (non-hydrogen) atoms. The Balaban J connectivity index is 2.12. The van der Waals surface area contributed by atoms with Crippen LogP contribution in [0.2, 0.25) is 0 Å². The van der Waals surface area contributed by atoms with E-state index in [-0.39, 0.29) is 17.6 Å². The molecule has 0 aliphatic rings. The van der Waals surface area contributed by atoms with Crippen molar-refractivity contribution < 1.29 is 9.66 Å². The van der Waals surface area contributed by atoms with Crippen molar-refractivity contribution in [2.45, 2.75) is 26.5 Å². The van der Waals surface area contributed by atoms with Crippen LogP contribution in [0.15, 0.2) is 30.5 Å². The lowest BCUT2D eigenvalue weighted by molar-refractivity contribution is -0.384. The predicted octanol–water partition coefficient (Wildman–Crippen LogP) is 2.21. The van der Waals surface area contributed by atoms with E-state index in [1.54, 1.807) is 0 Å². The van der Waals surface area contributed by atoms with Crippen molar-refractivity contribution in [3.8, 4) is 5.75 Å². The number of hydrogen-bond acceptors (Lipinski definition) is 5. The maximum absolute atomic E-state index is 10.7. The molecule has 7 nitrogen and oxygen atoms in total. The van der Waals surface area contributed by atoms with E-state index in [1.165, 1.54) is 4.68 Å².